The number of aromatic nitrogens is 4. The number of hydrogen-bond donors (Lipinski definition) is 2. The first-order chi connectivity index (χ1) is 14.6. The van der Waals surface area contributed by atoms with Gasteiger partial charge in [0.15, 0.2) is 5.15 Å². The standard InChI is InChI=1S/C19H14ClN7O2S/c1-23-17-16(11-2-5-15(24-9-11)29-7-6-28)13(8-21)19(25-18(17)22)30-10-12-3-4-14(20)27-26-12/h2-5,9,28H,6-7,10H2,(H2,22,25). The van der Waals surface area contributed by atoms with Crippen molar-refractivity contribution in [1.82, 2.24) is 20.2 Å². The van der Waals surface area contributed by atoms with E-state index in [1.54, 1.807) is 24.3 Å². The second-order valence-corrected chi connectivity index (χ2v) is 7.07. The van der Waals surface area contributed by atoms with Crippen LogP contribution in [0.5, 0.6) is 5.88 Å². The van der Waals surface area contributed by atoms with Crippen molar-refractivity contribution in [1.29, 1.82) is 5.26 Å². The van der Waals surface area contributed by atoms with Crippen molar-refractivity contribution >= 4 is 34.9 Å². The number of hydrogen-bond acceptors (Lipinski definition) is 9. The molecule has 0 fully saturated rings. The molecule has 0 unspecified atom stereocenters. The minimum atomic E-state index is -0.136. The number of nitrogen functional groups attached to an aromatic ring is 1. The maximum atomic E-state index is 9.81. The summed E-state index contributed by atoms with van der Waals surface area (Å²) in [5, 5.41) is 27.1. The van der Waals surface area contributed by atoms with Crippen LogP contribution in [0.3, 0.4) is 0 Å². The molecule has 0 spiro atoms. The molecule has 0 aliphatic heterocycles. The molecule has 3 aromatic rings. The zero-order chi connectivity index (χ0) is 21.5. The highest BCUT2D eigenvalue weighted by Gasteiger charge is 2.21. The summed E-state index contributed by atoms with van der Waals surface area (Å²) in [6, 6.07) is 8.73. The van der Waals surface area contributed by atoms with Crippen LogP contribution in [0, 0.1) is 17.9 Å². The van der Waals surface area contributed by atoms with Gasteiger partial charge in [-0.25, -0.2) is 14.8 Å². The summed E-state index contributed by atoms with van der Waals surface area (Å²) >= 11 is 7.00. The lowest BCUT2D eigenvalue weighted by Crippen LogP contribution is -2.03. The third kappa shape index (κ3) is 4.75. The predicted molar refractivity (Wildman–Crippen MR) is 112 cm³/mol. The zero-order valence-electron chi connectivity index (χ0n) is 15.4. The van der Waals surface area contributed by atoms with Crippen LogP contribution >= 0.6 is 23.4 Å². The summed E-state index contributed by atoms with van der Waals surface area (Å²) < 4.78 is 5.25. The van der Waals surface area contributed by atoms with Crippen LogP contribution in [0.25, 0.3) is 16.0 Å². The molecule has 0 aliphatic rings. The van der Waals surface area contributed by atoms with Crippen LogP contribution in [-0.4, -0.2) is 38.5 Å². The van der Waals surface area contributed by atoms with Gasteiger partial charge in [0, 0.05) is 23.6 Å². The first-order valence-electron chi connectivity index (χ1n) is 8.49. The van der Waals surface area contributed by atoms with Crippen molar-refractivity contribution in [2.24, 2.45) is 0 Å². The average molecular weight is 440 g/mol. The summed E-state index contributed by atoms with van der Waals surface area (Å²) in [6.07, 6.45) is 1.48. The number of aliphatic hydroxyl groups is 1. The highest BCUT2D eigenvalue weighted by Crippen LogP contribution is 2.41. The molecule has 3 N–H and O–H groups in total. The van der Waals surface area contributed by atoms with Crippen LogP contribution in [0.4, 0.5) is 11.5 Å². The van der Waals surface area contributed by atoms with Crippen molar-refractivity contribution < 1.29 is 9.84 Å². The highest BCUT2D eigenvalue weighted by molar-refractivity contribution is 7.98. The molecule has 0 aromatic carbocycles. The van der Waals surface area contributed by atoms with Gasteiger partial charge < -0.3 is 15.6 Å². The number of nitrogens with zero attached hydrogens (tertiary/aromatic N) is 6. The Morgan fingerprint density at radius 2 is 2.13 bits per heavy atom. The van der Waals surface area contributed by atoms with E-state index in [9.17, 15) is 5.26 Å². The number of pyridine rings is 2. The summed E-state index contributed by atoms with van der Waals surface area (Å²) in [6.45, 7) is 7.47. The molecule has 11 heteroatoms. The number of nitriles is 1. The van der Waals surface area contributed by atoms with Crippen LogP contribution in [-0.2, 0) is 5.75 Å². The van der Waals surface area contributed by atoms with E-state index in [4.69, 9.17) is 33.8 Å². The third-order valence-corrected chi connectivity index (χ3v) is 5.01. The SMILES string of the molecule is [C-]#[N+]c1c(N)nc(SCc2ccc(Cl)nn2)c(C#N)c1-c1ccc(OCCO)nc1. The van der Waals surface area contributed by atoms with Gasteiger partial charge in [0.2, 0.25) is 11.6 Å². The minimum Gasteiger partial charge on any atom is -0.475 e. The molecule has 3 rings (SSSR count). The van der Waals surface area contributed by atoms with E-state index >= 15 is 0 Å². The summed E-state index contributed by atoms with van der Waals surface area (Å²) in [4.78, 5) is 11.9. The maximum Gasteiger partial charge on any atom is 0.237 e. The second kappa shape index (κ2) is 9.85. The molecule has 3 heterocycles. The van der Waals surface area contributed by atoms with Crippen LogP contribution < -0.4 is 10.5 Å². The molecule has 0 atom stereocenters. The van der Waals surface area contributed by atoms with Gasteiger partial charge in [-0.1, -0.05) is 23.4 Å². The van der Waals surface area contributed by atoms with Crippen LogP contribution in [0.15, 0.2) is 35.5 Å². The third-order valence-electron chi connectivity index (χ3n) is 3.80. The highest BCUT2D eigenvalue weighted by atomic mass is 35.5. The van der Waals surface area contributed by atoms with E-state index in [0.29, 0.717) is 33.5 Å². The lowest BCUT2D eigenvalue weighted by molar-refractivity contribution is 0.196. The fourth-order valence-corrected chi connectivity index (χ4v) is 3.50. The van der Waals surface area contributed by atoms with Crippen LogP contribution in [0.2, 0.25) is 5.15 Å². The molecule has 9 nitrogen and oxygen atoms in total. The summed E-state index contributed by atoms with van der Waals surface area (Å²) in [5.41, 5.74) is 7.83. The Balaban J connectivity index is 2.00. The monoisotopic (exact) mass is 439 g/mol. The number of anilines is 1. The molecule has 0 bridgehead atoms. The number of rotatable bonds is 7. The average Bonchev–Trinajstić information content (AvgIpc) is 2.77. The number of ether oxygens (including phenoxy) is 1. The molecule has 0 saturated heterocycles. The van der Waals surface area contributed by atoms with E-state index in [-0.39, 0.29) is 35.4 Å². The molecule has 0 amide bonds. The van der Waals surface area contributed by atoms with Crippen molar-refractivity contribution in [2.75, 3.05) is 18.9 Å². The topological polar surface area (TPSA) is 135 Å². The minimum absolute atomic E-state index is 0.0179. The Morgan fingerprint density at radius 3 is 2.73 bits per heavy atom. The largest absolute Gasteiger partial charge is 0.475 e. The lowest BCUT2D eigenvalue weighted by atomic mass is 10.0. The van der Waals surface area contributed by atoms with E-state index in [1.807, 2.05) is 0 Å². The quantitative estimate of drug-likeness (QED) is 0.419. The van der Waals surface area contributed by atoms with E-state index in [1.165, 1.54) is 18.0 Å². The fourth-order valence-electron chi connectivity index (χ4n) is 2.50. The smallest absolute Gasteiger partial charge is 0.237 e. The molecular weight excluding hydrogens is 426 g/mol. The fraction of sp³-hybridized carbons (Fsp3) is 0.158. The number of halogens is 1. The second-order valence-electron chi connectivity index (χ2n) is 5.72. The van der Waals surface area contributed by atoms with Crippen molar-refractivity contribution in [3.63, 3.8) is 0 Å². The van der Waals surface area contributed by atoms with Crippen molar-refractivity contribution in [3.8, 4) is 23.1 Å². The zero-order valence-corrected chi connectivity index (χ0v) is 17.0. The van der Waals surface area contributed by atoms with Gasteiger partial charge in [0.05, 0.1) is 24.4 Å². The number of thioether (sulfide) groups is 1. The van der Waals surface area contributed by atoms with Crippen molar-refractivity contribution in [3.05, 3.63) is 58.3 Å². The van der Waals surface area contributed by atoms with E-state index in [2.05, 4.69) is 31.1 Å². The summed E-state index contributed by atoms with van der Waals surface area (Å²) in [7, 11) is 0. The Labute approximate surface area is 181 Å². The number of aliphatic hydroxyl groups excluding tert-OH is 1. The molecule has 3 aromatic heterocycles. The van der Waals surface area contributed by atoms with Crippen LogP contribution in [0.1, 0.15) is 11.3 Å². The van der Waals surface area contributed by atoms with Gasteiger partial charge in [-0.3, -0.25) is 0 Å². The van der Waals surface area contributed by atoms with Gasteiger partial charge in [-0.15, -0.1) is 5.10 Å². The van der Waals surface area contributed by atoms with Gasteiger partial charge in [-0.2, -0.15) is 10.4 Å². The molecule has 0 radical (unpaired) electrons. The molecule has 30 heavy (non-hydrogen) atoms. The first kappa shape index (κ1) is 21.3. The molecular formula is C19H14ClN7O2S. The van der Waals surface area contributed by atoms with E-state index < -0.39 is 0 Å². The Bertz CT molecular complexity index is 1130. The summed E-state index contributed by atoms with van der Waals surface area (Å²) in [5.74, 6) is 0.715. The van der Waals surface area contributed by atoms with E-state index in [0.717, 1.165) is 0 Å². The molecule has 0 saturated carbocycles. The lowest BCUT2D eigenvalue weighted by Gasteiger charge is -2.13. The van der Waals surface area contributed by atoms with Gasteiger partial charge in [0.25, 0.3) is 0 Å². The molecule has 150 valence electrons. The molecule has 0 aliphatic carbocycles. The van der Waals surface area contributed by atoms with Crippen molar-refractivity contribution in [2.45, 2.75) is 10.8 Å². The van der Waals surface area contributed by atoms with Gasteiger partial charge in [-0.05, 0) is 23.8 Å². The van der Waals surface area contributed by atoms with Gasteiger partial charge >= 0.3 is 0 Å². The Hall–Kier alpha value is -3.44. The Kier molecular flexibility index (Phi) is 6.99. The van der Waals surface area contributed by atoms with Gasteiger partial charge in [0.1, 0.15) is 23.5 Å². The number of nitrogens with two attached hydrogens (primary N) is 1. The predicted octanol–water partition coefficient (Wildman–Crippen LogP) is 3.26. The Morgan fingerprint density at radius 1 is 1.30 bits per heavy atom. The normalized spacial score (nSPS) is 10.3. The maximum absolute atomic E-state index is 9.81. The first-order valence-corrected chi connectivity index (χ1v) is 9.85.